The molecule has 4 heteroatoms. The van der Waals surface area contributed by atoms with Crippen molar-refractivity contribution in [2.24, 2.45) is 11.8 Å². The molecule has 1 amide bonds. The lowest BCUT2D eigenvalue weighted by Crippen LogP contribution is -2.47. The van der Waals surface area contributed by atoms with Crippen LogP contribution in [-0.4, -0.2) is 49.2 Å². The zero-order chi connectivity index (χ0) is 14.5. The summed E-state index contributed by atoms with van der Waals surface area (Å²) in [6.45, 7) is 10.2. The zero-order valence-corrected chi connectivity index (χ0v) is 13.2. The molecule has 0 aromatic rings. The number of nitrogens with zero attached hydrogens (tertiary/aromatic N) is 1. The molecule has 0 saturated carbocycles. The highest BCUT2D eigenvalue weighted by Gasteiger charge is 2.36. The summed E-state index contributed by atoms with van der Waals surface area (Å²) in [6, 6.07) is 0.280. The van der Waals surface area contributed by atoms with Gasteiger partial charge in [-0.25, -0.2) is 0 Å². The number of nitrogens with one attached hydrogen (secondary N) is 1. The number of carbonyl (C=O) groups excluding carboxylic acids is 1. The van der Waals surface area contributed by atoms with Gasteiger partial charge in [0.25, 0.3) is 0 Å². The van der Waals surface area contributed by atoms with Crippen molar-refractivity contribution in [3.05, 3.63) is 0 Å². The predicted molar refractivity (Wildman–Crippen MR) is 80.6 cm³/mol. The second-order valence-corrected chi connectivity index (χ2v) is 6.51. The average molecular weight is 282 g/mol. The molecule has 0 aliphatic carbocycles. The first-order valence-electron chi connectivity index (χ1n) is 8.26. The smallest absolute Gasteiger partial charge is 0.228 e. The molecule has 2 aliphatic heterocycles. The predicted octanol–water partition coefficient (Wildman–Crippen LogP) is 2.04. The highest BCUT2D eigenvalue weighted by Crippen LogP contribution is 2.27. The fourth-order valence-electron chi connectivity index (χ4n) is 3.46. The van der Waals surface area contributed by atoms with E-state index >= 15 is 0 Å². The minimum atomic E-state index is 0.0824. The van der Waals surface area contributed by atoms with Crippen LogP contribution in [-0.2, 0) is 9.53 Å². The van der Waals surface area contributed by atoms with Crippen molar-refractivity contribution in [1.29, 1.82) is 0 Å². The van der Waals surface area contributed by atoms with Crippen LogP contribution in [0.1, 0.15) is 46.5 Å². The lowest BCUT2D eigenvalue weighted by atomic mass is 9.94. The molecule has 0 aromatic carbocycles. The van der Waals surface area contributed by atoms with E-state index in [0.717, 1.165) is 39.1 Å². The largest absolute Gasteiger partial charge is 0.377 e. The summed E-state index contributed by atoms with van der Waals surface area (Å²) in [5.41, 5.74) is 0. The van der Waals surface area contributed by atoms with Crippen LogP contribution in [0.3, 0.4) is 0 Å². The first-order valence-corrected chi connectivity index (χ1v) is 8.26. The Balaban J connectivity index is 1.97. The molecule has 20 heavy (non-hydrogen) atoms. The molecule has 116 valence electrons. The van der Waals surface area contributed by atoms with Gasteiger partial charge in [-0.3, -0.25) is 4.79 Å². The summed E-state index contributed by atoms with van der Waals surface area (Å²) in [4.78, 5) is 15.0. The quantitative estimate of drug-likeness (QED) is 0.839. The van der Waals surface area contributed by atoms with Crippen LogP contribution in [0.5, 0.6) is 0 Å². The van der Waals surface area contributed by atoms with Crippen molar-refractivity contribution < 1.29 is 9.53 Å². The van der Waals surface area contributed by atoms with Gasteiger partial charge in [-0.15, -0.1) is 0 Å². The third kappa shape index (κ3) is 3.73. The van der Waals surface area contributed by atoms with Gasteiger partial charge >= 0.3 is 0 Å². The molecule has 3 atom stereocenters. The van der Waals surface area contributed by atoms with E-state index in [4.69, 9.17) is 4.74 Å². The second-order valence-electron chi connectivity index (χ2n) is 6.51. The number of piperidine rings is 1. The van der Waals surface area contributed by atoms with Crippen LogP contribution in [0.4, 0.5) is 0 Å². The van der Waals surface area contributed by atoms with Crippen LogP contribution in [0.25, 0.3) is 0 Å². The fraction of sp³-hybridized carbons (Fsp3) is 0.938. The first kappa shape index (κ1) is 15.8. The maximum absolute atomic E-state index is 12.9. The molecule has 4 nitrogen and oxygen atoms in total. The van der Waals surface area contributed by atoms with Crippen LogP contribution in [0, 0.1) is 11.8 Å². The summed E-state index contributed by atoms with van der Waals surface area (Å²) in [5.74, 6) is 1.01. The van der Waals surface area contributed by atoms with Gasteiger partial charge in [0, 0.05) is 19.2 Å². The Morgan fingerprint density at radius 1 is 1.40 bits per heavy atom. The SMILES string of the molecule is CCC1OCCC1C(=O)N(CC1CCCNC1)C(C)C. The number of rotatable bonds is 5. The third-order valence-corrected chi connectivity index (χ3v) is 4.69. The Kier molecular flexibility index (Phi) is 5.85. The molecule has 2 aliphatic rings. The lowest BCUT2D eigenvalue weighted by molar-refractivity contribution is -0.140. The van der Waals surface area contributed by atoms with E-state index in [-0.39, 0.29) is 18.1 Å². The summed E-state index contributed by atoms with van der Waals surface area (Å²) in [5, 5.41) is 3.44. The zero-order valence-electron chi connectivity index (χ0n) is 13.2. The monoisotopic (exact) mass is 282 g/mol. The van der Waals surface area contributed by atoms with Gasteiger partial charge in [0.15, 0.2) is 0 Å². The van der Waals surface area contributed by atoms with Gasteiger partial charge in [0.1, 0.15) is 0 Å². The minimum Gasteiger partial charge on any atom is -0.377 e. The molecule has 2 heterocycles. The number of ether oxygens (including phenoxy) is 1. The number of amides is 1. The Morgan fingerprint density at radius 3 is 2.80 bits per heavy atom. The Bertz CT molecular complexity index is 314. The van der Waals surface area contributed by atoms with Crippen LogP contribution in [0.15, 0.2) is 0 Å². The summed E-state index contributed by atoms with van der Waals surface area (Å²) >= 11 is 0. The van der Waals surface area contributed by atoms with E-state index in [9.17, 15) is 4.79 Å². The standard InChI is InChI=1S/C16H30N2O2/c1-4-15-14(7-9-20-15)16(19)18(12(2)3)11-13-6-5-8-17-10-13/h12-15,17H,4-11H2,1-3H3. The molecule has 1 N–H and O–H groups in total. The van der Waals surface area contributed by atoms with Crippen molar-refractivity contribution in [3.8, 4) is 0 Å². The fourth-order valence-corrected chi connectivity index (χ4v) is 3.46. The maximum Gasteiger partial charge on any atom is 0.228 e. The third-order valence-electron chi connectivity index (χ3n) is 4.69. The molecule has 2 fully saturated rings. The van der Waals surface area contributed by atoms with E-state index in [1.165, 1.54) is 12.8 Å². The van der Waals surface area contributed by atoms with Gasteiger partial charge in [0.2, 0.25) is 5.91 Å². The Labute approximate surface area is 123 Å². The normalized spacial score (nSPS) is 30.7. The van der Waals surface area contributed by atoms with Gasteiger partial charge in [-0.2, -0.15) is 0 Å². The van der Waals surface area contributed by atoms with Crippen molar-refractivity contribution >= 4 is 5.91 Å². The average Bonchev–Trinajstić information content (AvgIpc) is 2.93. The van der Waals surface area contributed by atoms with E-state index in [2.05, 4.69) is 31.0 Å². The first-order chi connectivity index (χ1) is 9.63. The highest BCUT2D eigenvalue weighted by molar-refractivity contribution is 5.80. The van der Waals surface area contributed by atoms with Crippen LogP contribution < -0.4 is 5.32 Å². The topological polar surface area (TPSA) is 41.6 Å². The van der Waals surface area contributed by atoms with Gasteiger partial charge < -0.3 is 15.0 Å². The van der Waals surface area contributed by atoms with E-state index in [1.54, 1.807) is 0 Å². The highest BCUT2D eigenvalue weighted by atomic mass is 16.5. The van der Waals surface area contributed by atoms with E-state index in [0.29, 0.717) is 11.8 Å². The molecule has 0 radical (unpaired) electrons. The van der Waals surface area contributed by atoms with Crippen molar-refractivity contribution in [3.63, 3.8) is 0 Å². The van der Waals surface area contributed by atoms with Crippen LogP contribution in [0.2, 0.25) is 0 Å². The van der Waals surface area contributed by atoms with Crippen LogP contribution >= 0.6 is 0 Å². The molecule has 2 saturated heterocycles. The molecule has 2 rings (SSSR count). The lowest BCUT2D eigenvalue weighted by Gasteiger charge is -2.35. The second kappa shape index (κ2) is 7.41. The van der Waals surface area contributed by atoms with Gasteiger partial charge in [-0.1, -0.05) is 6.92 Å². The van der Waals surface area contributed by atoms with Crippen molar-refractivity contribution in [1.82, 2.24) is 10.2 Å². The van der Waals surface area contributed by atoms with Gasteiger partial charge in [-0.05, 0) is 58.5 Å². The molecule has 0 bridgehead atoms. The Morgan fingerprint density at radius 2 is 2.20 bits per heavy atom. The molecule has 0 aromatic heterocycles. The summed E-state index contributed by atoms with van der Waals surface area (Å²) in [7, 11) is 0. The minimum absolute atomic E-state index is 0.0824. The van der Waals surface area contributed by atoms with E-state index < -0.39 is 0 Å². The summed E-state index contributed by atoms with van der Waals surface area (Å²) in [6.07, 6.45) is 4.43. The van der Waals surface area contributed by atoms with Gasteiger partial charge in [0.05, 0.1) is 12.0 Å². The molecular formula is C16H30N2O2. The van der Waals surface area contributed by atoms with Crippen molar-refractivity contribution in [2.75, 3.05) is 26.2 Å². The number of carbonyl (C=O) groups is 1. The summed E-state index contributed by atoms with van der Waals surface area (Å²) < 4.78 is 5.70. The molecule has 3 unspecified atom stereocenters. The number of hydrogen-bond donors (Lipinski definition) is 1. The Hall–Kier alpha value is -0.610. The molecular weight excluding hydrogens is 252 g/mol. The van der Waals surface area contributed by atoms with E-state index in [1.807, 2.05) is 0 Å². The van der Waals surface area contributed by atoms with Crippen molar-refractivity contribution in [2.45, 2.75) is 58.6 Å². The molecule has 0 spiro atoms. The number of hydrogen-bond acceptors (Lipinski definition) is 3. The maximum atomic E-state index is 12.9.